The van der Waals surface area contributed by atoms with Crippen LogP contribution in [0.4, 0.5) is 5.69 Å². The van der Waals surface area contributed by atoms with E-state index in [-0.39, 0.29) is 31.2 Å². The van der Waals surface area contributed by atoms with E-state index in [9.17, 15) is 14.4 Å². The van der Waals surface area contributed by atoms with E-state index in [1.807, 2.05) is 30.3 Å². The fourth-order valence-electron chi connectivity index (χ4n) is 4.44. The Morgan fingerprint density at radius 3 is 2.64 bits per heavy atom. The first-order chi connectivity index (χ1) is 15.9. The van der Waals surface area contributed by atoms with Crippen LogP contribution in [0.15, 0.2) is 54.6 Å². The number of benzene rings is 3. The summed E-state index contributed by atoms with van der Waals surface area (Å²) in [5.41, 5.74) is 1.79. The maximum absolute atomic E-state index is 12.9. The van der Waals surface area contributed by atoms with Crippen molar-refractivity contribution < 1.29 is 19.1 Å². The maximum atomic E-state index is 12.9. The van der Waals surface area contributed by atoms with Crippen molar-refractivity contribution in [2.45, 2.75) is 31.4 Å². The molecule has 2 N–H and O–H groups in total. The number of amides is 3. The van der Waals surface area contributed by atoms with E-state index >= 15 is 0 Å². The normalized spacial score (nSPS) is 20.0. The first kappa shape index (κ1) is 21.1. The molecule has 0 aromatic heterocycles. The van der Waals surface area contributed by atoms with Crippen LogP contribution in [0, 0.1) is 0 Å². The molecular weight excluding hydrogens is 417 g/mol. The molecule has 2 radical (unpaired) electrons. The molecule has 0 aliphatic carbocycles. The van der Waals surface area contributed by atoms with E-state index in [1.54, 1.807) is 13.2 Å². The maximum Gasteiger partial charge on any atom is 0.254 e. The zero-order valence-electron chi connectivity index (χ0n) is 18.2. The second-order valence-corrected chi connectivity index (χ2v) is 8.47. The van der Waals surface area contributed by atoms with E-state index in [0.29, 0.717) is 12.1 Å². The van der Waals surface area contributed by atoms with Crippen molar-refractivity contribution >= 4 is 42.0 Å². The van der Waals surface area contributed by atoms with Crippen molar-refractivity contribution in [3.05, 3.63) is 71.3 Å². The Labute approximate surface area is 192 Å². The van der Waals surface area contributed by atoms with E-state index in [0.717, 1.165) is 33.3 Å². The lowest BCUT2D eigenvalue weighted by Gasteiger charge is -2.40. The van der Waals surface area contributed by atoms with Crippen molar-refractivity contribution in [3.8, 4) is 5.75 Å². The first-order valence-electron chi connectivity index (χ1n) is 10.8. The Hall–Kier alpha value is -3.81. The monoisotopic (exact) mass is 439 g/mol. The molecule has 3 aromatic carbocycles. The Kier molecular flexibility index (Phi) is 5.08. The average molecular weight is 439 g/mol. The van der Waals surface area contributed by atoms with Gasteiger partial charge in [-0.05, 0) is 64.7 Å². The summed E-state index contributed by atoms with van der Waals surface area (Å²) < 4.78 is 5.28. The second kappa shape index (κ2) is 7.96. The summed E-state index contributed by atoms with van der Waals surface area (Å²) in [6, 6.07) is 17.7. The number of imide groups is 1. The van der Waals surface area contributed by atoms with Crippen molar-refractivity contribution in [1.82, 2.24) is 10.2 Å². The highest BCUT2D eigenvalue weighted by molar-refractivity contribution is 6.32. The molecule has 1 fully saturated rings. The number of ether oxygens (including phenoxy) is 1. The van der Waals surface area contributed by atoms with Crippen LogP contribution in [-0.2, 0) is 22.7 Å². The molecule has 1 atom stereocenters. The summed E-state index contributed by atoms with van der Waals surface area (Å²) in [4.78, 5) is 38.2. The number of nitrogens with zero attached hydrogens (tertiary/aromatic N) is 1. The molecule has 0 unspecified atom stereocenters. The quantitative estimate of drug-likeness (QED) is 0.472. The number of hydrogen-bond acceptors (Lipinski definition) is 5. The van der Waals surface area contributed by atoms with Gasteiger partial charge in [-0.2, -0.15) is 0 Å². The van der Waals surface area contributed by atoms with Gasteiger partial charge in [0.2, 0.25) is 11.8 Å². The van der Waals surface area contributed by atoms with Crippen molar-refractivity contribution in [2.24, 2.45) is 0 Å². The third kappa shape index (κ3) is 3.71. The SMILES string of the molecule is [B][C@]1(N2Cc3cc(NCc4ccc5cc(OC)ccc5c4)ccc3C2=O)CCC(=O)NC1=O. The highest BCUT2D eigenvalue weighted by Crippen LogP contribution is 2.33. The molecule has 0 saturated carbocycles. The van der Waals surface area contributed by atoms with Crippen molar-refractivity contribution in [1.29, 1.82) is 0 Å². The molecule has 5 rings (SSSR count). The van der Waals surface area contributed by atoms with E-state index < -0.39 is 11.3 Å². The summed E-state index contributed by atoms with van der Waals surface area (Å²) in [7, 11) is 7.95. The predicted molar refractivity (Wildman–Crippen MR) is 125 cm³/mol. The molecule has 7 nitrogen and oxygen atoms in total. The molecule has 8 heteroatoms. The zero-order valence-corrected chi connectivity index (χ0v) is 18.2. The lowest BCUT2D eigenvalue weighted by Crippen LogP contribution is -2.63. The Balaban J connectivity index is 1.31. The second-order valence-electron chi connectivity index (χ2n) is 8.47. The van der Waals surface area contributed by atoms with Crippen LogP contribution in [0.3, 0.4) is 0 Å². The Bertz CT molecular complexity index is 1310. The third-order valence-corrected chi connectivity index (χ3v) is 6.38. The number of rotatable bonds is 5. The largest absolute Gasteiger partial charge is 0.497 e. The van der Waals surface area contributed by atoms with Gasteiger partial charge in [0.15, 0.2) is 0 Å². The van der Waals surface area contributed by atoms with Gasteiger partial charge in [-0.1, -0.05) is 18.2 Å². The molecule has 2 aliphatic rings. The van der Waals surface area contributed by atoms with Gasteiger partial charge in [0.05, 0.1) is 12.5 Å². The lowest BCUT2D eigenvalue weighted by molar-refractivity contribution is -0.138. The number of fused-ring (bicyclic) bond motifs is 2. The number of anilines is 1. The minimum atomic E-state index is -1.52. The van der Waals surface area contributed by atoms with Crippen molar-refractivity contribution in [2.75, 3.05) is 12.4 Å². The minimum absolute atomic E-state index is 0.105. The van der Waals surface area contributed by atoms with E-state index in [4.69, 9.17) is 12.6 Å². The summed E-state index contributed by atoms with van der Waals surface area (Å²) in [6.45, 7) is 0.837. The predicted octanol–water partition coefficient (Wildman–Crippen LogP) is 2.72. The number of methoxy groups -OCH3 is 1. The van der Waals surface area contributed by atoms with Crippen LogP contribution in [0.2, 0.25) is 0 Å². The van der Waals surface area contributed by atoms with Gasteiger partial charge in [0.25, 0.3) is 5.91 Å². The molecule has 2 heterocycles. The standard InChI is InChI=1S/C25H22BN3O4/c1-33-20-6-4-16-10-15(2-3-17(16)12-20)13-27-19-5-7-21-18(11-19)14-29(23(21)31)25(26)9-8-22(30)28-24(25)32/h2-7,10-12,27H,8-9,13-14H2,1H3,(H,28,30,32)/t25-/m0/s1. The average Bonchev–Trinajstić information content (AvgIpc) is 3.16. The molecule has 3 amide bonds. The number of piperidine rings is 1. The summed E-state index contributed by atoms with van der Waals surface area (Å²) in [5.74, 6) is -0.475. The summed E-state index contributed by atoms with van der Waals surface area (Å²) in [6.07, 6.45) is 0.212. The Morgan fingerprint density at radius 1 is 1.06 bits per heavy atom. The zero-order chi connectivity index (χ0) is 23.2. The van der Waals surface area contributed by atoms with Gasteiger partial charge in [-0.25, -0.2) is 0 Å². The van der Waals surface area contributed by atoms with Crippen LogP contribution in [-0.4, -0.2) is 43.0 Å². The van der Waals surface area contributed by atoms with Gasteiger partial charge in [-0.3, -0.25) is 19.7 Å². The molecule has 164 valence electrons. The van der Waals surface area contributed by atoms with E-state index in [1.165, 1.54) is 4.90 Å². The van der Waals surface area contributed by atoms with Crippen LogP contribution in [0.25, 0.3) is 10.8 Å². The van der Waals surface area contributed by atoms with Gasteiger partial charge in [0, 0.05) is 30.8 Å². The van der Waals surface area contributed by atoms with Crippen LogP contribution in [0.1, 0.15) is 34.3 Å². The molecule has 2 aliphatic heterocycles. The number of carbonyl (C=O) groups is 3. The van der Waals surface area contributed by atoms with E-state index in [2.05, 4.69) is 28.8 Å². The van der Waals surface area contributed by atoms with Crippen LogP contribution >= 0.6 is 0 Å². The lowest BCUT2D eigenvalue weighted by atomic mass is 9.70. The summed E-state index contributed by atoms with van der Waals surface area (Å²) >= 11 is 0. The highest BCUT2D eigenvalue weighted by atomic mass is 16.5. The van der Waals surface area contributed by atoms with Gasteiger partial charge in [-0.15, -0.1) is 0 Å². The molecule has 0 spiro atoms. The van der Waals surface area contributed by atoms with Crippen molar-refractivity contribution in [3.63, 3.8) is 0 Å². The molecule has 0 bridgehead atoms. The molecule has 3 aromatic rings. The summed E-state index contributed by atoms with van der Waals surface area (Å²) in [5, 5.41) is 7.89. The first-order valence-corrected chi connectivity index (χ1v) is 10.8. The smallest absolute Gasteiger partial charge is 0.254 e. The Morgan fingerprint density at radius 2 is 1.85 bits per heavy atom. The third-order valence-electron chi connectivity index (χ3n) is 6.38. The fourth-order valence-corrected chi connectivity index (χ4v) is 4.44. The van der Waals surface area contributed by atoms with Crippen LogP contribution < -0.4 is 15.4 Å². The highest BCUT2D eigenvalue weighted by Gasteiger charge is 2.47. The minimum Gasteiger partial charge on any atom is -0.497 e. The fraction of sp³-hybridized carbons (Fsp3) is 0.240. The van der Waals surface area contributed by atoms with Gasteiger partial charge in [0.1, 0.15) is 13.6 Å². The topological polar surface area (TPSA) is 87.7 Å². The number of carbonyl (C=O) groups excluding carboxylic acids is 3. The molecule has 33 heavy (non-hydrogen) atoms. The van der Waals surface area contributed by atoms with Gasteiger partial charge >= 0.3 is 0 Å². The van der Waals surface area contributed by atoms with Gasteiger partial charge < -0.3 is 15.0 Å². The number of hydrogen-bond donors (Lipinski definition) is 2. The number of nitrogens with one attached hydrogen (secondary N) is 2. The molecule has 1 saturated heterocycles. The van der Waals surface area contributed by atoms with Crippen LogP contribution in [0.5, 0.6) is 5.75 Å². The molecular formula is C25H22BN3O4.